The Labute approximate surface area is 132 Å². The average molecular weight is 310 g/mol. The van der Waals surface area contributed by atoms with E-state index in [2.05, 4.69) is 21.6 Å². The van der Waals surface area contributed by atoms with E-state index in [0.717, 1.165) is 11.0 Å². The van der Waals surface area contributed by atoms with Crippen LogP contribution in [0.4, 0.5) is 5.69 Å². The SMILES string of the molecule is Cn1c(/C(C#N)=N/Nc2ccccc2Cl)nc2ccccc21. The Hall–Kier alpha value is -2.84. The molecule has 0 radical (unpaired) electrons. The lowest BCUT2D eigenvalue weighted by atomic mass is 10.3. The molecule has 0 aliphatic heterocycles. The highest BCUT2D eigenvalue weighted by molar-refractivity contribution is 6.33. The van der Waals surface area contributed by atoms with E-state index < -0.39 is 0 Å². The standard InChI is InChI=1S/C16H12ClN5/c1-22-15-9-5-4-8-13(15)19-16(22)14(10-18)21-20-12-7-3-2-6-11(12)17/h2-9,20H,1H3/b21-14+. The van der Waals surface area contributed by atoms with Crippen LogP contribution in [0.5, 0.6) is 0 Å². The molecule has 0 fully saturated rings. The largest absolute Gasteiger partial charge is 0.325 e. The first-order chi connectivity index (χ1) is 10.7. The predicted molar refractivity (Wildman–Crippen MR) is 87.9 cm³/mol. The third kappa shape index (κ3) is 2.52. The lowest BCUT2D eigenvalue weighted by Crippen LogP contribution is -2.09. The van der Waals surface area contributed by atoms with Gasteiger partial charge in [0.1, 0.15) is 6.07 Å². The van der Waals surface area contributed by atoms with Crippen molar-refractivity contribution < 1.29 is 0 Å². The molecular formula is C16H12ClN5. The van der Waals surface area contributed by atoms with Gasteiger partial charge in [0.05, 0.1) is 21.7 Å². The molecule has 0 spiro atoms. The Morgan fingerprint density at radius 2 is 1.95 bits per heavy atom. The number of hydrazone groups is 1. The van der Waals surface area contributed by atoms with E-state index in [9.17, 15) is 5.26 Å². The van der Waals surface area contributed by atoms with E-state index in [0.29, 0.717) is 16.5 Å². The molecule has 0 unspecified atom stereocenters. The van der Waals surface area contributed by atoms with Gasteiger partial charge in [-0.05, 0) is 24.3 Å². The number of para-hydroxylation sites is 3. The van der Waals surface area contributed by atoms with E-state index in [1.54, 1.807) is 12.1 Å². The monoisotopic (exact) mass is 309 g/mol. The first-order valence-corrected chi connectivity index (χ1v) is 6.98. The van der Waals surface area contributed by atoms with Crippen LogP contribution in [-0.4, -0.2) is 15.3 Å². The maximum Gasteiger partial charge on any atom is 0.203 e. The Kier molecular flexibility index (Phi) is 3.77. The number of aryl methyl sites for hydroxylation is 1. The van der Waals surface area contributed by atoms with E-state index >= 15 is 0 Å². The second-order valence-corrected chi connectivity index (χ2v) is 5.05. The number of nitrogens with one attached hydrogen (secondary N) is 1. The number of hydrogen-bond acceptors (Lipinski definition) is 4. The van der Waals surface area contributed by atoms with Crippen LogP contribution in [0.2, 0.25) is 5.02 Å². The van der Waals surface area contributed by atoms with Crippen LogP contribution >= 0.6 is 11.6 Å². The summed E-state index contributed by atoms with van der Waals surface area (Å²) < 4.78 is 1.84. The molecule has 2 aromatic carbocycles. The first-order valence-electron chi connectivity index (χ1n) is 6.61. The molecule has 5 nitrogen and oxygen atoms in total. The molecule has 22 heavy (non-hydrogen) atoms. The Morgan fingerprint density at radius 3 is 2.68 bits per heavy atom. The van der Waals surface area contributed by atoms with Gasteiger partial charge < -0.3 is 4.57 Å². The van der Waals surface area contributed by atoms with Crippen LogP contribution in [-0.2, 0) is 7.05 Å². The van der Waals surface area contributed by atoms with Gasteiger partial charge in [0.15, 0.2) is 5.82 Å². The number of aromatic nitrogens is 2. The van der Waals surface area contributed by atoms with Crippen molar-refractivity contribution in [3.63, 3.8) is 0 Å². The number of benzene rings is 2. The third-order valence-electron chi connectivity index (χ3n) is 3.27. The minimum Gasteiger partial charge on any atom is -0.325 e. The van der Waals surface area contributed by atoms with Crippen LogP contribution in [0.25, 0.3) is 11.0 Å². The number of nitriles is 1. The highest BCUT2D eigenvalue weighted by atomic mass is 35.5. The second kappa shape index (κ2) is 5.88. The van der Waals surface area contributed by atoms with E-state index in [4.69, 9.17) is 11.6 Å². The summed E-state index contributed by atoms with van der Waals surface area (Å²) >= 11 is 6.06. The number of rotatable bonds is 3. The molecule has 0 atom stereocenters. The summed E-state index contributed by atoms with van der Waals surface area (Å²) in [6, 6.07) is 17.0. The summed E-state index contributed by atoms with van der Waals surface area (Å²) in [5.41, 5.74) is 5.41. The molecule has 3 aromatic rings. The van der Waals surface area contributed by atoms with Gasteiger partial charge in [0, 0.05) is 7.05 Å². The number of halogens is 1. The van der Waals surface area contributed by atoms with Crippen LogP contribution in [0.1, 0.15) is 5.82 Å². The van der Waals surface area contributed by atoms with Gasteiger partial charge in [-0.2, -0.15) is 10.4 Å². The van der Waals surface area contributed by atoms with Gasteiger partial charge >= 0.3 is 0 Å². The average Bonchev–Trinajstić information content (AvgIpc) is 2.87. The summed E-state index contributed by atoms with van der Waals surface area (Å²) in [4.78, 5) is 4.45. The fraction of sp³-hybridized carbons (Fsp3) is 0.0625. The Morgan fingerprint density at radius 1 is 1.23 bits per heavy atom. The molecule has 0 saturated carbocycles. The quantitative estimate of drug-likeness (QED) is 0.594. The number of imidazole rings is 1. The van der Waals surface area contributed by atoms with Crippen LogP contribution in [0.15, 0.2) is 53.6 Å². The molecule has 0 amide bonds. The Balaban J connectivity index is 2.00. The van der Waals surface area contributed by atoms with Gasteiger partial charge in [-0.1, -0.05) is 35.9 Å². The molecule has 1 N–H and O–H groups in total. The van der Waals surface area contributed by atoms with E-state index in [1.165, 1.54) is 0 Å². The highest BCUT2D eigenvalue weighted by Gasteiger charge is 2.13. The van der Waals surface area contributed by atoms with Crippen molar-refractivity contribution in [1.29, 1.82) is 5.26 Å². The van der Waals surface area contributed by atoms with Crippen molar-refractivity contribution in [2.24, 2.45) is 12.1 Å². The molecule has 3 rings (SSSR count). The van der Waals surface area contributed by atoms with Crippen molar-refractivity contribution in [2.45, 2.75) is 0 Å². The van der Waals surface area contributed by atoms with Crippen LogP contribution < -0.4 is 5.43 Å². The van der Waals surface area contributed by atoms with Crippen LogP contribution in [0.3, 0.4) is 0 Å². The maximum atomic E-state index is 9.37. The molecule has 6 heteroatoms. The van der Waals surface area contributed by atoms with Gasteiger partial charge in [0.2, 0.25) is 5.71 Å². The van der Waals surface area contributed by atoms with Gasteiger partial charge in [-0.15, -0.1) is 0 Å². The molecule has 0 aliphatic rings. The zero-order valence-corrected chi connectivity index (χ0v) is 12.5. The lowest BCUT2D eigenvalue weighted by molar-refractivity contribution is 0.929. The van der Waals surface area contributed by atoms with Crippen molar-refractivity contribution in [3.05, 3.63) is 59.4 Å². The lowest BCUT2D eigenvalue weighted by Gasteiger charge is -2.04. The normalized spacial score (nSPS) is 11.4. The molecule has 0 aliphatic carbocycles. The zero-order chi connectivity index (χ0) is 15.5. The predicted octanol–water partition coefficient (Wildman–Crippen LogP) is 3.57. The topological polar surface area (TPSA) is 66.0 Å². The van der Waals surface area contributed by atoms with Crippen molar-refractivity contribution in [2.75, 3.05) is 5.43 Å². The summed E-state index contributed by atoms with van der Waals surface area (Å²) in [5, 5.41) is 14.0. The molecule has 108 valence electrons. The van der Waals surface area contributed by atoms with Crippen molar-refractivity contribution in [3.8, 4) is 6.07 Å². The molecule has 0 bridgehead atoms. The zero-order valence-electron chi connectivity index (χ0n) is 11.8. The molecule has 1 aromatic heterocycles. The number of hydrogen-bond donors (Lipinski definition) is 1. The van der Waals surface area contributed by atoms with Crippen LogP contribution in [0, 0.1) is 11.3 Å². The van der Waals surface area contributed by atoms with E-state index in [1.807, 2.05) is 48.0 Å². The first kappa shape index (κ1) is 14.1. The summed E-state index contributed by atoms with van der Waals surface area (Å²) in [6.07, 6.45) is 0. The Bertz CT molecular complexity index is 904. The second-order valence-electron chi connectivity index (χ2n) is 4.65. The number of nitrogens with zero attached hydrogens (tertiary/aromatic N) is 4. The van der Waals surface area contributed by atoms with Gasteiger partial charge in [-0.3, -0.25) is 5.43 Å². The molecular weight excluding hydrogens is 298 g/mol. The molecule has 0 saturated heterocycles. The number of anilines is 1. The highest BCUT2D eigenvalue weighted by Crippen LogP contribution is 2.21. The third-order valence-corrected chi connectivity index (χ3v) is 3.60. The van der Waals surface area contributed by atoms with Crippen molar-refractivity contribution in [1.82, 2.24) is 9.55 Å². The van der Waals surface area contributed by atoms with Gasteiger partial charge in [-0.25, -0.2) is 4.98 Å². The minimum absolute atomic E-state index is 0.193. The fourth-order valence-electron chi connectivity index (χ4n) is 2.15. The van der Waals surface area contributed by atoms with Gasteiger partial charge in [0.25, 0.3) is 0 Å². The molecule has 1 heterocycles. The fourth-order valence-corrected chi connectivity index (χ4v) is 2.33. The number of fused-ring (bicyclic) bond motifs is 1. The van der Waals surface area contributed by atoms with E-state index in [-0.39, 0.29) is 5.71 Å². The summed E-state index contributed by atoms with van der Waals surface area (Å²) in [7, 11) is 1.85. The smallest absolute Gasteiger partial charge is 0.203 e. The maximum absolute atomic E-state index is 9.37. The van der Waals surface area contributed by atoms with Crippen molar-refractivity contribution >= 4 is 34.0 Å². The summed E-state index contributed by atoms with van der Waals surface area (Å²) in [6.45, 7) is 0. The summed E-state index contributed by atoms with van der Waals surface area (Å²) in [5.74, 6) is 0.503. The minimum atomic E-state index is 0.193.